The second kappa shape index (κ2) is 9.87. The molecule has 0 atom stereocenters. The molecule has 0 spiro atoms. The molecule has 0 fully saturated rings. The SMILES string of the molecule is N#Cc1ccc(C#Cc2ccc(O)cc2C(F)(F)F)c(CCC2=CC=CCCC=C2)c1. The Balaban J connectivity index is 1.93. The van der Waals surface area contributed by atoms with E-state index in [1.807, 2.05) is 12.2 Å². The van der Waals surface area contributed by atoms with Crippen molar-refractivity contribution < 1.29 is 18.3 Å². The number of alkyl halides is 3. The van der Waals surface area contributed by atoms with Gasteiger partial charge in [0.05, 0.1) is 17.2 Å². The monoisotopic (exact) mass is 419 g/mol. The number of allylic oxidation sites excluding steroid dienone is 6. The zero-order chi connectivity index (χ0) is 22.3. The summed E-state index contributed by atoms with van der Waals surface area (Å²) in [6.07, 6.45) is 9.04. The first kappa shape index (κ1) is 22.0. The highest BCUT2D eigenvalue weighted by atomic mass is 19.4. The van der Waals surface area contributed by atoms with Crippen LogP contribution < -0.4 is 0 Å². The van der Waals surface area contributed by atoms with Crippen molar-refractivity contribution >= 4 is 0 Å². The van der Waals surface area contributed by atoms with Gasteiger partial charge in [0.2, 0.25) is 0 Å². The van der Waals surface area contributed by atoms with Crippen LogP contribution in [0.2, 0.25) is 0 Å². The van der Waals surface area contributed by atoms with Crippen LogP contribution in [0.4, 0.5) is 13.2 Å². The van der Waals surface area contributed by atoms with E-state index in [-0.39, 0.29) is 5.56 Å². The molecule has 0 unspecified atom stereocenters. The Kier molecular flexibility index (Phi) is 7.00. The summed E-state index contributed by atoms with van der Waals surface area (Å²) in [6, 6.07) is 10.1. The molecule has 0 aliphatic heterocycles. The lowest BCUT2D eigenvalue weighted by Crippen LogP contribution is -2.07. The minimum Gasteiger partial charge on any atom is -0.508 e. The molecule has 1 aliphatic rings. The Labute approximate surface area is 179 Å². The summed E-state index contributed by atoms with van der Waals surface area (Å²) in [5.74, 6) is 4.96. The molecule has 0 aromatic heterocycles. The number of nitrogens with zero attached hydrogens (tertiary/aromatic N) is 1. The number of nitriles is 1. The average molecular weight is 419 g/mol. The van der Waals surface area contributed by atoms with Crippen molar-refractivity contribution in [3.63, 3.8) is 0 Å². The third-order valence-corrected chi connectivity index (χ3v) is 4.84. The molecule has 1 aliphatic carbocycles. The molecule has 0 bridgehead atoms. The van der Waals surface area contributed by atoms with Crippen LogP contribution in [-0.4, -0.2) is 5.11 Å². The first-order valence-electron chi connectivity index (χ1n) is 9.84. The molecule has 0 amide bonds. The number of halogens is 3. The van der Waals surface area contributed by atoms with Crippen LogP contribution in [0, 0.1) is 23.2 Å². The highest BCUT2D eigenvalue weighted by molar-refractivity contribution is 5.53. The predicted molar refractivity (Wildman–Crippen MR) is 114 cm³/mol. The van der Waals surface area contributed by atoms with Gasteiger partial charge in [-0.2, -0.15) is 18.4 Å². The molecule has 0 saturated carbocycles. The maximum absolute atomic E-state index is 13.3. The summed E-state index contributed by atoms with van der Waals surface area (Å²) in [6.45, 7) is 0. The number of hydrogen-bond acceptors (Lipinski definition) is 2. The number of aryl methyl sites for hydroxylation is 1. The normalized spacial score (nSPS) is 13.4. The smallest absolute Gasteiger partial charge is 0.417 e. The topological polar surface area (TPSA) is 44.0 Å². The van der Waals surface area contributed by atoms with Gasteiger partial charge >= 0.3 is 6.18 Å². The number of rotatable bonds is 3. The number of phenols is 1. The second-order valence-corrected chi connectivity index (χ2v) is 7.11. The van der Waals surface area contributed by atoms with Gasteiger partial charge in [-0.15, -0.1) is 0 Å². The highest BCUT2D eigenvalue weighted by Crippen LogP contribution is 2.33. The van der Waals surface area contributed by atoms with Crippen molar-refractivity contribution in [1.29, 1.82) is 5.26 Å². The standard InChI is InChI=1S/C26H20F3NO/c27-26(28,29)25-17-24(31)15-14-22(25)13-12-21-10-9-20(18-30)16-23(21)11-8-19-6-4-2-1-3-5-7-19/h2,4-7,9-10,14-17,31H,1,3,8,11H2. The Bertz CT molecular complexity index is 1150. The van der Waals surface area contributed by atoms with E-state index in [1.54, 1.807) is 18.2 Å². The number of phenolic OH excluding ortho intramolecular Hbond substituents is 1. The minimum atomic E-state index is -4.62. The lowest BCUT2D eigenvalue weighted by Gasteiger charge is -2.10. The van der Waals surface area contributed by atoms with E-state index in [1.165, 1.54) is 6.07 Å². The van der Waals surface area contributed by atoms with Crippen LogP contribution in [0.25, 0.3) is 0 Å². The van der Waals surface area contributed by atoms with Crippen molar-refractivity contribution in [1.82, 2.24) is 0 Å². The summed E-state index contributed by atoms with van der Waals surface area (Å²) in [5.41, 5.74) is 1.80. The molecule has 1 N–H and O–H groups in total. The van der Waals surface area contributed by atoms with Gasteiger partial charge in [-0.3, -0.25) is 0 Å². The zero-order valence-electron chi connectivity index (χ0n) is 16.7. The molecule has 156 valence electrons. The zero-order valence-corrected chi connectivity index (χ0v) is 16.7. The van der Waals surface area contributed by atoms with E-state index in [2.05, 4.69) is 36.1 Å². The van der Waals surface area contributed by atoms with Crippen LogP contribution in [-0.2, 0) is 12.6 Å². The Morgan fingerprint density at radius 2 is 1.68 bits per heavy atom. The highest BCUT2D eigenvalue weighted by Gasteiger charge is 2.33. The maximum Gasteiger partial charge on any atom is 0.417 e. The van der Waals surface area contributed by atoms with Crippen molar-refractivity contribution in [2.24, 2.45) is 0 Å². The lowest BCUT2D eigenvalue weighted by atomic mass is 9.96. The van der Waals surface area contributed by atoms with E-state index < -0.39 is 17.5 Å². The summed E-state index contributed by atoms with van der Waals surface area (Å²) < 4.78 is 39.9. The van der Waals surface area contributed by atoms with E-state index in [0.717, 1.165) is 36.5 Å². The van der Waals surface area contributed by atoms with E-state index >= 15 is 0 Å². The molecule has 5 heteroatoms. The van der Waals surface area contributed by atoms with Gasteiger partial charge in [0.15, 0.2) is 0 Å². The van der Waals surface area contributed by atoms with Crippen LogP contribution in [0.1, 0.15) is 47.1 Å². The molecule has 2 aromatic carbocycles. The van der Waals surface area contributed by atoms with Crippen molar-refractivity contribution in [3.8, 4) is 23.7 Å². The Morgan fingerprint density at radius 1 is 0.935 bits per heavy atom. The minimum absolute atomic E-state index is 0.212. The molecule has 0 radical (unpaired) electrons. The number of aromatic hydroxyl groups is 1. The summed E-state index contributed by atoms with van der Waals surface area (Å²) in [4.78, 5) is 0. The van der Waals surface area contributed by atoms with E-state index in [0.29, 0.717) is 23.6 Å². The van der Waals surface area contributed by atoms with Gasteiger partial charge in [0.25, 0.3) is 0 Å². The van der Waals surface area contributed by atoms with Crippen LogP contribution in [0.15, 0.2) is 72.4 Å². The molecule has 2 nitrogen and oxygen atoms in total. The third kappa shape index (κ3) is 6.14. The van der Waals surface area contributed by atoms with Crippen LogP contribution in [0.3, 0.4) is 0 Å². The largest absolute Gasteiger partial charge is 0.508 e. The second-order valence-electron chi connectivity index (χ2n) is 7.11. The van der Waals surface area contributed by atoms with Crippen molar-refractivity contribution in [2.45, 2.75) is 31.9 Å². The van der Waals surface area contributed by atoms with Gasteiger partial charge in [-0.1, -0.05) is 42.2 Å². The first-order valence-corrected chi connectivity index (χ1v) is 9.84. The van der Waals surface area contributed by atoms with E-state index in [9.17, 15) is 23.5 Å². The van der Waals surface area contributed by atoms with Crippen molar-refractivity contribution in [3.05, 3.63) is 100 Å². The maximum atomic E-state index is 13.3. The lowest BCUT2D eigenvalue weighted by molar-refractivity contribution is -0.137. The van der Waals surface area contributed by atoms with Gasteiger partial charge in [0.1, 0.15) is 5.75 Å². The molecule has 2 aromatic rings. The Morgan fingerprint density at radius 3 is 2.45 bits per heavy atom. The quantitative estimate of drug-likeness (QED) is 0.581. The molecule has 0 saturated heterocycles. The fourth-order valence-electron chi connectivity index (χ4n) is 3.22. The fourth-order valence-corrected chi connectivity index (χ4v) is 3.22. The average Bonchev–Trinajstić information content (AvgIpc) is 2.71. The number of benzene rings is 2. The summed E-state index contributed by atoms with van der Waals surface area (Å²) in [7, 11) is 0. The van der Waals surface area contributed by atoms with Gasteiger partial charge < -0.3 is 5.11 Å². The molecule has 3 rings (SSSR count). The van der Waals surface area contributed by atoms with Crippen molar-refractivity contribution in [2.75, 3.05) is 0 Å². The first-order chi connectivity index (χ1) is 14.9. The Hall–Kier alpha value is -3.70. The van der Waals surface area contributed by atoms with Gasteiger partial charge in [-0.05, 0) is 73.2 Å². The van der Waals surface area contributed by atoms with Gasteiger partial charge in [0, 0.05) is 11.1 Å². The van der Waals surface area contributed by atoms with Crippen LogP contribution >= 0.6 is 0 Å². The van der Waals surface area contributed by atoms with E-state index in [4.69, 9.17) is 0 Å². The van der Waals surface area contributed by atoms with Crippen LogP contribution in [0.5, 0.6) is 5.75 Å². The summed E-state index contributed by atoms with van der Waals surface area (Å²) >= 11 is 0. The molecular formula is C26H20F3NO. The van der Waals surface area contributed by atoms with Gasteiger partial charge in [-0.25, -0.2) is 0 Å². The predicted octanol–water partition coefficient (Wildman–Crippen LogP) is 6.45. The third-order valence-electron chi connectivity index (χ3n) is 4.84. The molecule has 31 heavy (non-hydrogen) atoms. The number of hydrogen-bond donors (Lipinski definition) is 1. The molecule has 0 heterocycles. The molecular weight excluding hydrogens is 399 g/mol. The fraction of sp³-hybridized carbons (Fsp3) is 0.192. The summed E-state index contributed by atoms with van der Waals surface area (Å²) in [5, 5.41) is 18.7.